The molecule has 0 saturated heterocycles. The number of fused-ring (bicyclic) bond motifs is 2. The highest BCUT2D eigenvalue weighted by Gasteiger charge is 2.35. The highest BCUT2D eigenvalue weighted by molar-refractivity contribution is 7.87. The number of para-hydroxylation sites is 1. The molecule has 0 fully saturated rings. The van der Waals surface area contributed by atoms with Gasteiger partial charge < -0.3 is 25.6 Å². The van der Waals surface area contributed by atoms with Gasteiger partial charge in [-0.05, 0) is 65.9 Å². The van der Waals surface area contributed by atoms with E-state index in [-0.39, 0.29) is 50.4 Å². The Labute approximate surface area is 388 Å². The Kier molecular flexibility index (Phi) is 12.2. The quantitative estimate of drug-likeness (QED) is 0.0413. The minimum Gasteiger partial charge on any atom is -0.479 e. The molecule has 0 bridgehead atoms. The summed E-state index contributed by atoms with van der Waals surface area (Å²) in [5.74, 6) is -2.32. The van der Waals surface area contributed by atoms with E-state index in [2.05, 4.69) is 30.9 Å². The maximum Gasteiger partial charge on any atom is 0.320 e. The molecule has 0 spiro atoms. The van der Waals surface area contributed by atoms with Gasteiger partial charge in [-0.25, -0.2) is 0 Å². The van der Waals surface area contributed by atoms with Gasteiger partial charge >= 0.3 is 6.01 Å². The van der Waals surface area contributed by atoms with Crippen LogP contribution in [0.25, 0.3) is 22.0 Å². The van der Waals surface area contributed by atoms with Crippen molar-refractivity contribution >= 4 is 87.5 Å². The summed E-state index contributed by atoms with van der Waals surface area (Å²) in [5, 5.41) is 19.1. The first-order chi connectivity index (χ1) is 32.1. The molecule has 0 amide bonds. The van der Waals surface area contributed by atoms with Crippen LogP contribution in [-0.4, -0.2) is 75.1 Å². The molecule has 20 nitrogen and oxygen atoms in total. The number of rotatable bonds is 15. The second-order valence-electron chi connectivity index (χ2n) is 15.6. The van der Waals surface area contributed by atoms with Crippen molar-refractivity contribution in [2.24, 2.45) is 7.05 Å². The van der Waals surface area contributed by atoms with Crippen molar-refractivity contribution < 1.29 is 53.6 Å². The lowest BCUT2D eigenvalue weighted by atomic mass is 9.80. The van der Waals surface area contributed by atoms with E-state index in [1.54, 1.807) is 6.07 Å². The number of carbonyl (C=O) groups is 2. The average molecular weight is 982 g/mol. The van der Waals surface area contributed by atoms with Gasteiger partial charge in [-0.1, -0.05) is 81.3 Å². The molecule has 23 heteroatoms. The first kappa shape index (κ1) is 47.1. The van der Waals surface area contributed by atoms with E-state index in [0.717, 1.165) is 46.7 Å². The number of aromatic nitrogens is 4. The van der Waals surface area contributed by atoms with Gasteiger partial charge in [-0.3, -0.25) is 28.0 Å². The Morgan fingerprint density at radius 1 is 0.632 bits per heavy atom. The second kappa shape index (κ2) is 17.7. The zero-order valence-corrected chi connectivity index (χ0v) is 38.4. The Hall–Kier alpha value is -7.41. The third-order valence-electron chi connectivity index (χ3n) is 11.1. The number of benzene rings is 5. The predicted molar refractivity (Wildman–Crippen MR) is 250 cm³/mol. The van der Waals surface area contributed by atoms with Crippen LogP contribution in [-0.2, 0) is 50.2 Å². The van der Waals surface area contributed by atoms with Gasteiger partial charge in [0.05, 0.1) is 38.6 Å². The first-order valence-corrected chi connectivity index (χ1v) is 24.9. The largest absolute Gasteiger partial charge is 0.479 e. The zero-order valence-electron chi connectivity index (χ0n) is 36.0. The van der Waals surface area contributed by atoms with Gasteiger partial charge in [0.15, 0.2) is 11.6 Å². The van der Waals surface area contributed by atoms with E-state index < -0.39 is 91.1 Å². The summed E-state index contributed by atoms with van der Waals surface area (Å²) in [4.78, 5) is 52.6. The van der Waals surface area contributed by atoms with Crippen molar-refractivity contribution in [1.29, 1.82) is 0 Å². The highest BCUT2D eigenvalue weighted by Crippen LogP contribution is 2.45. The summed E-state index contributed by atoms with van der Waals surface area (Å²) < 4.78 is 108. The van der Waals surface area contributed by atoms with Crippen LogP contribution in [0.3, 0.4) is 0 Å². The minimum atomic E-state index is -5.38. The number of ketones is 2. The number of carbonyl (C=O) groups excluding carboxylic acids is 2. The van der Waals surface area contributed by atoms with Gasteiger partial charge in [0.2, 0.25) is 11.9 Å². The fourth-order valence-corrected chi connectivity index (χ4v) is 10.1. The lowest BCUT2D eigenvalue weighted by Gasteiger charge is -2.26. The summed E-state index contributed by atoms with van der Waals surface area (Å²) in [7, 11) is -14.2. The van der Waals surface area contributed by atoms with Crippen LogP contribution in [0, 0.1) is 0 Å². The van der Waals surface area contributed by atoms with Gasteiger partial charge in [0.1, 0.15) is 9.79 Å². The highest BCUT2D eigenvalue weighted by atomic mass is 32.2. The molecule has 0 saturated carbocycles. The van der Waals surface area contributed by atoms with Gasteiger partial charge in [0.25, 0.3) is 35.9 Å². The van der Waals surface area contributed by atoms with Crippen molar-refractivity contribution in [3.8, 4) is 17.1 Å². The average Bonchev–Trinajstić information content (AvgIpc) is 3.27. The summed E-state index contributed by atoms with van der Waals surface area (Å²) in [6.07, 6.45) is 2.96. The molecule has 0 atom stereocenters. The molecule has 5 aromatic carbocycles. The summed E-state index contributed by atoms with van der Waals surface area (Å²) in [6.45, 7) is 4.01. The number of hydrogen-bond acceptors (Lipinski definition) is 16. The van der Waals surface area contributed by atoms with Crippen molar-refractivity contribution in [1.82, 2.24) is 19.5 Å². The molecule has 0 radical (unpaired) electrons. The SMILES string of the molecule is CCCc1cccc(CCC)c1Nc1nc(O)nc(Nc2cc(Nc3ccc4c5c3C(=O)c3ccccc3-c5c(C(=O)c3cccc(S(=O)(=O)O)c3)c(=O)n4C)c(S(=O)(=O)O)cc2S(=O)(=O)O)n1. The van der Waals surface area contributed by atoms with Crippen molar-refractivity contribution in [3.05, 3.63) is 135 Å². The number of aryl methyl sites for hydroxylation is 3. The second-order valence-corrected chi connectivity index (χ2v) is 19.8. The summed E-state index contributed by atoms with van der Waals surface area (Å²) in [6, 6.07) is 19.2. The van der Waals surface area contributed by atoms with E-state index in [1.165, 1.54) is 49.5 Å². The smallest absolute Gasteiger partial charge is 0.320 e. The standard InChI is InChI=1S/C45H39N7O13S3/c1-4-10-23-12-8-13-24(11-5-2)39(23)48-44-49-43(50-45(56)51-44)47-31-21-30(33(67(60,61)62)22-34(31)68(63,64)65)46-29-18-19-32-37-35(27-16-6-7-17-28(27)41(54)36(29)37)38(42(55)52(32)3)40(53)25-14-9-15-26(20-25)66(57,58)59/h6-9,12-22,46H,4-5,10-11H2,1-3H3,(H,57,58,59)(H,60,61,62)(H,63,64,65)(H3,47,48,49,50,51,56). The zero-order chi connectivity index (χ0) is 49.0. The molecule has 0 unspecified atom stereocenters. The van der Waals surface area contributed by atoms with E-state index >= 15 is 0 Å². The summed E-state index contributed by atoms with van der Waals surface area (Å²) in [5.41, 5.74) is -0.462. The van der Waals surface area contributed by atoms with Crippen molar-refractivity contribution in [2.75, 3.05) is 16.0 Å². The van der Waals surface area contributed by atoms with Gasteiger partial charge in [-0.15, -0.1) is 0 Å². The molecule has 7 N–H and O–H groups in total. The molecule has 68 heavy (non-hydrogen) atoms. The predicted octanol–water partition coefficient (Wildman–Crippen LogP) is 6.75. The Morgan fingerprint density at radius 3 is 1.82 bits per heavy atom. The fraction of sp³-hybridized carbons (Fsp3) is 0.156. The monoisotopic (exact) mass is 981 g/mol. The lowest BCUT2D eigenvalue weighted by molar-refractivity contribution is 0.102. The van der Waals surface area contributed by atoms with Crippen molar-refractivity contribution in [3.63, 3.8) is 0 Å². The third kappa shape index (κ3) is 8.80. The number of nitrogens with zero attached hydrogens (tertiary/aromatic N) is 4. The van der Waals surface area contributed by atoms with Crippen LogP contribution >= 0.6 is 0 Å². The minimum absolute atomic E-state index is 0.0122. The number of pyridine rings is 1. The van der Waals surface area contributed by atoms with Crippen LogP contribution < -0.4 is 21.5 Å². The molecule has 2 aromatic heterocycles. The molecular weight excluding hydrogens is 943 g/mol. The van der Waals surface area contributed by atoms with E-state index in [1.807, 2.05) is 32.0 Å². The molecule has 8 rings (SSSR count). The number of aromatic hydroxyl groups is 1. The van der Waals surface area contributed by atoms with Crippen LogP contribution in [0.2, 0.25) is 0 Å². The first-order valence-electron chi connectivity index (χ1n) is 20.6. The Balaban J connectivity index is 1.31. The molecular formula is C45H39N7O13S3. The maximum atomic E-state index is 14.6. The van der Waals surface area contributed by atoms with E-state index in [4.69, 9.17) is 0 Å². The molecule has 1 aliphatic carbocycles. The molecule has 7 aromatic rings. The van der Waals surface area contributed by atoms with E-state index in [0.29, 0.717) is 24.6 Å². The van der Waals surface area contributed by atoms with E-state index in [9.17, 15) is 58.4 Å². The Morgan fingerprint density at radius 2 is 1.22 bits per heavy atom. The molecule has 1 aliphatic rings. The lowest BCUT2D eigenvalue weighted by Crippen LogP contribution is -2.29. The normalized spacial score (nSPS) is 12.5. The van der Waals surface area contributed by atoms with Gasteiger partial charge in [-0.2, -0.15) is 40.2 Å². The van der Waals surface area contributed by atoms with Crippen LogP contribution in [0.1, 0.15) is 69.7 Å². The number of nitrogens with one attached hydrogen (secondary N) is 3. The molecule has 2 heterocycles. The van der Waals surface area contributed by atoms with Crippen LogP contribution in [0.15, 0.2) is 110 Å². The van der Waals surface area contributed by atoms with Crippen LogP contribution in [0.5, 0.6) is 6.01 Å². The topological polar surface area (TPSA) is 314 Å². The molecule has 0 aliphatic heterocycles. The number of anilines is 6. The van der Waals surface area contributed by atoms with Crippen LogP contribution in [0.4, 0.5) is 34.6 Å². The number of hydrogen-bond donors (Lipinski definition) is 7. The molecule has 350 valence electrons. The maximum absolute atomic E-state index is 14.6. The Bertz CT molecular complexity index is 3690. The summed E-state index contributed by atoms with van der Waals surface area (Å²) >= 11 is 0. The van der Waals surface area contributed by atoms with Gasteiger partial charge in [0, 0.05) is 34.8 Å². The van der Waals surface area contributed by atoms with Crippen molar-refractivity contribution in [2.45, 2.75) is 54.2 Å². The fourth-order valence-electron chi connectivity index (χ4n) is 8.24. The third-order valence-corrected chi connectivity index (χ3v) is 13.8.